The number of aryl methyl sites for hydroxylation is 1. The van der Waals surface area contributed by atoms with E-state index in [0.717, 1.165) is 0 Å². The van der Waals surface area contributed by atoms with E-state index in [-0.39, 0.29) is 18.3 Å². The molecule has 3 aliphatic rings. The van der Waals surface area contributed by atoms with Gasteiger partial charge in [0.25, 0.3) is 0 Å². The number of alkyl halides is 2. The van der Waals surface area contributed by atoms with Crippen LogP contribution in [-0.4, -0.2) is 23.4 Å². The number of hydrogen-bond acceptors (Lipinski definition) is 3. The third-order valence-corrected chi connectivity index (χ3v) is 5.48. The van der Waals surface area contributed by atoms with E-state index in [2.05, 4.69) is 0 Å². The molecule has 1 saturated carbocycles. The first-order valence-electron chi connectivity index (χ1n) is 8.44. The number of benzene rings is 1. The van der Waals surface area contributed by atoms with Crippen molar-refractivity contribution in [1.29, 1.82) is 0 Å². The topological polar surface area (TPSA) is 59.7 Å². The molecular weight excluding hydrogens is 342 g/mol. The Labute approximate surface area is 149 Å². The first-order valence-corrected chi connectivity index (χ1v) is 8.44. The fraction of sp³-hybridized carbons (Fsp3) is 0.350. The third-order valence-electron chi connectivity index (χ3n) is 5.48. The molecule has 1 heterocycles. The van der Waals surface area contributed by atoms with Gasteiger partial charge in [-0.25, -0.2) is 13.6 Å². The highest BCUT2D eigenvalue weighted by Crippen LogP contribution is 2.57. The third kappa shape index (κ3) is 2.43. The Kier molecular flexibility index (Phi) is 3.86. The summed E-state index contributed by atoms with van der Waals surface area (Å²) < 4.78 is 39.6. The average molecular weight is 360 g/mol. The number of ether oxygens (including phenoxy) is 1. The number of allylic oxidation sites excluding steroid dienone is 2. The number of carbonyl (C=O) groups is 1. The zero-order valence-corrected chi connectivity index (χ0v) is 14.1. The Bertz CT molecular complexity index is 870. The van der Waals surface area contributed by atoms with E-state index in [1.54, 1.807) is 37.3 Å². The van der Waals surface area contributed by atoms with Crippen LogP contribution in [0.1, 0.15) is 33.9 Å². The van der Waals surface area contributed by atoms with Crippen molar-refractivity contribution < 1.29 is 27.8 Å². The van der Waals surface area contributed by atoms with E-state index >= 15 is 0 Å². The first kappa shape index (κ1) is 16.8. The molecule has 0 radical (unpaired) electrons. The monoisotopic (exact) mass is 360 g/mol. The van der Waals surface area contributed by atoms with Crippen LogP contribution in [0, 0.1) is 12.8 Å². The minimum atomic E-state index is -1.32. The second-order valence-electron chi connectivity index (χ2n) is 6.91. The summed E-state index contributed by atoms with van der Waals surface area (Å²) in [5.74, 6) is -0.442. The molecule has 6 heteroatoms. The zero-order chi connectivity index (χ0) is 18.5. The number of aromatic carboxylic acids is 1. The maximum atomic E-state index is 14.4. The van der Waals surface area contributed by atoms with Gasteiger partial charge in [-0.05, 0) is 37.1 Å². The van der Waals surface area contributed by atoms with Crippen LogP contribution in [-0.2, 0) is 12.0 Å². The van der Waals surface area contributed by atoms with E-state index in [4.69, 9.17) is 14.3 Å². The SMILES string of the molecule is Cc1oc(C(=O)O)cc1COc1ccc(C23CC(C=CC2F)C3F)cc1. The molecule has 2 aromatic rings. The number of hydrogen-bond donors (Lipinski definition) is 1. The predicted octanol–water partition coefficient (Wildman–Crippen LogP) is 4.37. The lowest BCUT2D eigenvalue weighted by Gasteiger charge is -2.54. The maximum absolute atomic E-state index is 14.4. The van der Waals surface area contributed by atoms with Gasteiger partial charge in [-0.3, -0.25) is 0 Å². The molecule has 136 valence electrons. The van der Waals surface area contributed by atoms with Gasteiger partial charge in [0.15, 0.2) is 0 Å². The summed E-state index contributed by atoms with van der Waals surface area (Å²) >= 11 is 0. The van der Waals surface area contributed by atoms with Gasteiger partial charge < -0.3 is 14.3 Å². The van der Waals surface area contributed by atoms with Crippen LogP contribution < -0.4 is 4.74 Å². The second-order valence-corrected chi connectivity index (χ2v) is 6.91. The van der Waals surface area contributed by atoms with Crippen molar-refractivity contribution in [2.75, 3.05) is 0 Å². The van der Waals surface area contributed by atoms with Crippen LogP contribution in [0.3, 0.4) is 0 Å². The largest absolute Gasteiger partial charge is 0.489 e. The summed E-state index contributed by atoms with van der Waals surface area (Å²) in [5, 5.41) is 8.93. The second kappa shape index (κ2) is 5.97. The Balaban J connectivity index is 1.47. The van der Waals surface area contributed by atoms with Crippen LogP contribution in [0.2, 0.25) is 0 Å². The number of carboxylic acid groups (broad SMARTS) is 1. The standard InChI is InChI=1S/C20H18F2O4/c1-11-13(8-16(26-11)19(23)24)10-25-15-5-3-14(4-6-15)20-9-12(18(20)22)2-7-17(20)21/h2-8,12,17-18H,9-10H2,1H3,(H,23,24). The quantitative estimate of drug-likeness (QED) is 0.805. The van der Waals surface area contributed by atoms with E-state index in [9.17, 15) is 13.6 Å². The molecule has 2 bridgehead atoms. The summed E-state index contributed by atoms with van der Waals surface area (Å²) in [6.07, 6.45) is 1.05. The number of carboxylic acids is 1. The van der Waals surface area contributed by atoms with Crippen LogP contribution >= 0.6 is 0 Å². The van der Waals surface area contributed by atoms with Gasteiger partial charge in [-0.2, -0.15) is 0 Å². The predicted molar refractivity (Wildman–Crippen MR) is 89.9 cm³/mol. The molecule has 0 spiro atoms. The molecule has 0 saturated heterocycles. The Morgan fingerprint density at radius 1 is 1.31 bits per heavy atom. The van der Waals surface area contributed by atoms with Crippen molar-refractivity contribution in [2.45, 2.75) is 37.7 Å². The van der Waals surface area contributed by atoms with Gasteiger partial charge in [0.2, 0.25) is 5.76 Å². The van der Waals surface area contributed by atoms with E-state index in [1.165, 1.54) is 12.1 Å². The Hall–Kier alpha value is -2.63. The lowest BCUT2D eigenvalue weighted by Crippen LogP contribution is -2.60. The molecule has 1 N–H and O–H groups in total. The summed E-state index contributed by atoms with van der Waals surface area (Å²) in [5.41, 5.74) is 0.199. The van der Waals surface area contributed by atoms with Crippen molar-refractivity contribution in [1.82, 2.24) is 0 Å². The molecule has 4 nitrogen and oxygen atoms in total. The molecule has 0 aliphatic heterocycles. The highest BCUT2D eigenvalue weighted by molar-refractivity contribution is 5.84. The van der Waals surface area contributed by atoms with Gasteiger partial charge >= 0.3 is 5.97 Å². The van der Waals surface area contributed by atoms with E-state index < -0.39 is 23.7 Å². The lowest BCUT2D eigenvalue weighted by atomic mass is 9.52. The molecule has 1 aromatic heterocycles. The number of fused-ring (bicyclic) bond motifs is 1. The molecule has 1 aromatic carbocycles. The minimum absolute atomic E-state index is 0.136. The van der Waals surface area contributed by atoms with E-state index in [1.807, 2.05) is 0 Å². The molecule has 4 atom stereocenters. The smallest absolute Gasteiger partial charge is 0.371 e. The molecule has 4 unspecified atom stereocenters. The van der Waals surface area contributed by atoms with Gasteiger partial charge in [-0.1, -0.05) is 24.3 Å². The zero-order valence-electron chi connectivity index (χ0n) is 14.1. The van der Waals surface area contributed by atoms with Crippen molar-refractivity contribution in [3.63, 3.8) is 0 Å². The Morgan fingerprint density at radius 2 is 2.04 bits per heavy atom. The normalized spacial score (nSPS) is 29.3. The Morgan fingerprint density at radius 3 is 2.62 bits per heavy atom. The van der Waals surface area contributed by atoms with Gasteiger partial charge in [0.05, 0.1) is 5.41 Å². The summed E-state index contributed by atoms with van der Waals surface area (Å²) in [4.78, 5) is 10.9. The lowest BCUT2D eigenvalue weighted by molar-refractivity contribution is -0.0324. The average Bonchev–Trinajstić information content (AvgIpc) is 3.01. The van der Waals surface area contributed by atoms with Crippen molar-refractivity contribution in [3.05, 3.63) is 65.1 Å². The summed E-state index contributed by atoms with van der Waals surface area (Å²) in [6, 6.07) is 8.20. The molecule has 3 aliphatic carbocycles. The first-order chi connectivity index (χ1) is 12.4. The molecule has 0 amide bonds. The van der Waals surface area contributed by atoms with Crippen LogP contribution in [0.4, 0.5) is 8.78 Å². The van der Waals surface area contributed by atoms with Crippen molar-refractivity contribution >= 4 is 5.97 Å². The van der Waals surface area contributed by atoms with Crippen LogP contribution in [0.25, 0.3) is 0 Å². The van der Waals surface area contributed by atoms with Crippen molar-refractivity contribution in [2.24, 2.45) is 5.92 Å². The highest BCUT2D eigenvalue weighted by Gasteiger charge is 2.61. The molecule has 26 heavy (non-hydrogen) atoms. The molecule has 1 fully saturated rings. The van der Waals surface area contributed by atoms with Gasteiger partial charge in [-0.15, -0.1) is 0 Å². The number of halogens is 2. The number of furan rings is 1. The van der Waals surface area contributed by atoms with Gasteiger partial charge in [0, 0.05) is 11.5 Å². The van der Waals surface area contributed by atoms with E-state index in [0.29, 0.717) is 29.1 Å². The fourth-order valence-corrected chi connectivity index (χ4v) is 3.90. The number of rotatable bonds is 5. The highest BCUT2D eigenvalue weighted by atomic mass is 19.1. The van der Waals surface area contributed by atoms with Crippen molar-refractivity contribution in [3.8, 4) is 5.75 Å². The fourth-order valence-electron chi connectivity index (χ4n) is 3.90. The maximum Gasteiger partial charge on any atom is 0.371 e. The minimum Gasteiger partial charge on any atom is -0.489 e. The summed E-state index contributed by atoms with van der Waals surface area (Å²) in [7, 11) is 0. The summed E-state index contributed by atoms with van der Waals surface area (Å²) in [6.45, 7) is 1.81. The molecular formula is C20H18F2O4. The van der Waals surface area contributed by atoms with Gasteiger partial charge in [0.1, 0.15) is 30.5 Å². The van der Waals surface area contributed by atoms with Crippen LogP contribution in [0.5, 0.6) is 5.75 Å². The molecule has 5 rings (SSSR count). The van der Waals surface area contributed by atoms with Crippen LogP contribution in [0.15, 0.2) is 46.9 Å².